The molecule has 46 heavy (non-hydrogen) atoms. The van der Waals surface area contributed by atoms with E-state index in [-0.39, 0.29) is 26.2 Å². The van der Waals surface area contributed by atoms with Crippen LogP contribution in [0.2, 0.25) is 0 Å². The first-order valence-electron chi connectivity index (χ1n) is 14.3. The molecule has 2 fully saturated rings. The van der Waals surface area contributed by atoms with Crippen molar-refractivity contribution in [2.24, 2.45) is 11.5 Å². The third kappa shape index (κ3) is 7.18. The van der Waals surface area contributed by atoms with Crippen molar-refractivity contribution in [2.45, 2.75) is 37.7 Å². The Labute approximate surface area is 274 Å². The van der Waals surface area contributed by atoms with Crippen molar-refractivity contribution in [1.82, 2.24) is 9.80 Å². The molecule has 0 spiro atoms. The van der Waals surface area contributed by atoms with Gasteiger partial charge in [0, 0.05) is 11.4 Å². The van der Waals surface area contributed by atoms with Crippen molar-refractivity contribution >= 4 is 69.0 Å². The zero-order valence-corrected chi connectivity index (χ0v) is 26.8. The van der Waals surface area contributed by atoms with Crippen molar-refractivity contribution in [3.8, 4) is 0 Å². The highest BCUT2D eigenvalue weighted by Gasteiger charge is 2.45. The van der Waals surface area contributed by atoms with Gasteiger partial charge < -0.3 is 21.3 Å². The van der Waals surface area contributed by atoms with Crippen LogP contribution in [0.5, 0.6) is 0 Å². The lowest BCUT2D eigenvalue weighted by Crippen LogP contribution is -2.45. The summed E-state index contributed by atoms with van der Waals surface area (Å²) < 4.78 is 0. The molecule has 0 aromatic heterocycles. The summed E-state index contributed by atoms with van der Waals surface area (Å²) in [5.74, 6) is -2.20. The summed E-state index contributed by atoms with van der Waals surface area (Å²) in [4.78, 5) is 81.6. The van der Waals surface area contributed by atoms with Crippen LogP contribution in [0.1, 0.15) is 22.3 Å². The van der Waals surface area contributed by atoms with Gasteiger partial charge in [-0.3, -0.25) is 38.6 Å². The van der Waals surface area contributed by atoms with Gasteiger partial charge in [-0.1, -0.05) is 59.7 Å². The summed E-state index contributed by atoms with van der Waals surface area (Å²) in [5.41, 5.74) is 15.4. The minimum absolute atomic E-state index is 0.00210. The van der Waals surface area contributed by atoms with Gasteiger partial charge in [0.05, 0.1) is 26.2 Å². The van der Waals surface area contributed by atoms with E-state index in [2.05, 4.69) is 0 Å². The van der Waals surface area contributed by atoms with E-state index in [1.807, 2.05) is 38.1 Å². The summed E-state index contributed by atoms with van der Waals surface area (Å²) in [5, 5.41) is -2.81. The molecule has 12 nitrogen and oxygen atoms in total. The average Bonchev–Trinajstić information content (AvgIpc) is 3.45. The van der Waals surface area contributed by atoms with E-state index in [0.717, 1.165) is 44.5 Å². The minimum Gasteiger partial charge on any atom is -0.368 e. The van der Waals surface area contributed by atoms with Crippen LogP contribution in [0.25, 0.3) is 0 Å². The second-order valence-electron chi connectivity index (χ2n) is 11.0. The van der Waals surface area contributed by atoms with Crippen molar-refractivity contribution in [2.75, 3.05) is 22.9 Å². The van der Waals surface area contributed by atoms with Gasteiger partial charge in [-0.2, -0.15) is 0 Å². The Hall–Kier alpha value is -4.82. The fourth-order valence-corrected chi connectivity index (χ4v) is 7.14. The Balaban J connectivity index is 1.26. The van der Waals surface area contributed by atoms with E-state index in [9.17, 15) is 28.8 Å². The van der Waals surface area contributed by atoms with E-state index in [4.69, 9.17) is 11.5 Å². The summed E-state index contributed by atoms with van der Waals surface area (Å²) in [7, 11) is 0. The van der Waals surface area contributed by atoms with Gasteiger partial charge >= 0.3 is 0 Å². The molecule has 238 valence electrons. The minimum atomic E-state index is -0.950. The van der Waals surface area contributed by atoms with Crippen LogP contribution in [-0.4, -0.2) is 67.7 Å². The van der Waals surface area contributed by atoms with E-state index < -0.39 is 44.9 Å². The Kier molecular flexibility index (Phi) is 9.68. The standard InChI is InChI=1S/C32H32N6O6S2/c1-19-3-11-23(12-4-19)35(17-25(33)39)29-27(41)37(31(43)45-29)15-21-7-9-22(10-8-21)16-38-28(42)30(46-32(38)44)36(18-26(34)40)24-13-5-20(2)6-14-24/h3-14,29-30H,15-18H2,1-2H3,(H2,33,39)(H2,34,40). The lowest BCUT2D eigenvalue weighted by atomic mass is 10.1. The Morgan fingerprint density at radius 2 is 0.935 bits per heavy atom. The number of hydrogen-bond donors (Lipinski definition) is 2. The molecule has 0 saturated carbocycles. The third-order valence-corrected chi connectivity index (χ3v) is 9.68. The molecule has 3 aromatic carbocycles. The molecule has 0 aliphatic carbocycles. The molecule has 2 aliphatic rings. The quantitative estimate of drug-likeness (QED) is 0.294. The summed E-state index contributed by atoms with van der Waals surface area (Å²) in [6, 6.07) is 21.3. The normalized spacial score (nSPS) is 18.0. The van der Waals surface area contributed by atoms with Crippen molar-refractivity contribution < 1.29 is 28.8 Å². The van der Waals surface area contributed by atoms with Crippen molar-refractivity contribution in [3.05, 3.63) is 95.1 Å². The van der Waals surface area contributed by atoms with Crippen LogP contribution in [0, 0.1) is 13.8 Å². The molecule has 5 rings (SSSR count). The predicted octanol–water partition coefficient (Wildman–Crippen LogP) is 3.33. The number of thioether (sulfide) groups is 2. The first kappa shape index (κ1) is 32.6. The first-order chi connectivity index (χ1) is 21.9. The van der Waals surface area contributed by atoms with Gasteiger partial charge in [-0.25, -0.2) is 0 Å². The number of aryl methyl sites for hydroxylation is 2. The fourth-order valence-electron chi connectivity index (χ4n) is 5.09. The lowest BCUT2D eigenvalue weighted by Gasteiger charge is -2.27. The highest BCUT2D eigenvalue weighted by molar-refractivity contribution is 8.15. The van der Waals surface area contributed by atoms with Crippen LogP contribution in [0.3, 0.4) is 0 Å². The molecule has 4 N–H and O–H groups in total. The molecule has 2 unspecified atom stereocenters. The van der Waals surface area contributed by atoms with Crippen LogP contribution in [0.4, 0.5) is 21.0 Å². The SMILES string of the molecule is Cc1ccc(N(CC(N)=O)C2SC(=O)N(Cc3ccc(CN4C(=O)SC(N(CC(N)=O)c5ccc(C)cc5)C4=O)cc3)C2=O)cc1. The highest BCUT2D eigenvalue weighted by Crippen LogP contribution is 2.35. The van der Waals surface area contributed by atoms with Crippen LogP contribution >= 0.6 is 23.5 Å². The fraction of sp³-hybridized carbons (Fsp3) is 0.250. The van der Waals surface area contributed by atoms with Gasteiger partial charge in [0.1, 0.15) is 0 Å². The molecule has 3 aromatic rings. The third-order valence-electron chi connectivity index (χ3n) is 7.47. The number of benzene rings is 3. The Morgan fingerprint density at radius 1 is 0.609 bits per heavy atom. The Bertz CT molecular complexity index is 1560. The molecular formula is C32H32N6O6S2. The second-order valence-corrected chi connectivity index (χ2v) is 13.1. The molecule has 6 amide bonds. The number of carbonyl (C=O) groups is 6. The van der Waals surface area contributed by atoms with Gasteiger partial charge in [-0.15, -0.1) is 0 Å². The molecule has 0 radical (unpaired) electrons. The number of rotatable bonds is 12. The van der Waals surface area contributed by atoms with Crippen molar-refractivity contribution in [1.29, 1.82) is 0 Å². The molecule has 2 atom stereocenters. The summed E-state index contributed by atoms with van der Waals surface area (Å²) in [6.45, 7) is 3.35. The molecule has 2 heterocycles. The van der Waals surface area contributed by atoms with Gasteiger partial charge in [-0.05, 0) is 72.8 Å². The maximum absolute atomic E-state index is 13.4. The number of primary amides is 2. The number of hydrogen-bond acceptors (Lipinski definition) is 10. The number of anilines is 2. The van der Waals surface area contributed by atoms with E-state index in [1.165, 1.54) is 9.80 Å². The predicted molar refractivity (Wildman–Crippen MR) is 177 cm³/mol. The maximum atomic E-state index is 13.4. The van der Waals surface area contributed by atoms with Gasteiger partial charge in [0.2, 0.25) is 11.8 Å². The average molecular weight is 661 g/mol. The molecule has 2 aliphatic heterocycles. The van der Waals surface area contributed by atoms with Gasteiger partial charge in [0.15, 0.2) is 10.7 Å². The Morgan fingerprint density at radius 3 is 1.24 bits per heavy atom. The number of nitrogens with zero attached hydrogens (tertiary/aromatic N) is 4. The number of amides is 6. The molecule has 2 saturated heterocycles. The van der Waals surface area contributed by atoms with Crippen LogP contribution < -0.4 is 21.3 Å². The maximum Gasteiger partial charge on any atom is 0.291 e. The molecule has 14 heteroatoms. The van der Waals surface area contributed by atoms with Crippen LogP contribution in [0.15, 0.2) is 72.8 Å². The highest BCUT2D eigenvalue weighted by atomic mass is 32.2. The van der Waals surface area contributed by atoms with E-state index >= 15 is 0 Å². The zero-order valence-electron chi connectivity index (χ0n) is 25.1. The molecule has 0 bridgehead atoms. The topological polar surface area (TPSA) is 167 Å². The molecular weight excluding hydrogens is 629 g/mol. The number of carbonyl (C=O) groups excluding carboxylic acids is 6. The van der Waals surface area contributed by atoms with Crippen LogP contribution in [-0.2, 0) is 32.3 Å². The monoisotopic (exact) mass is 660 g/mol. The summed E-state index contributed by atoms with van der Waals surface area (Å²) >= 11 is 1.64. The lowest BCUT2D eigenvalue weighted by molar-refractivity contribution is -0.128. The van der Waals surface area contributed by atoms with E-state index in [1.54, 1.807) is 48.5 Å². The number of imide groups is 2. The van der Waals surface area contributed by atoms with Gasteiger partial charge in [0.25, 0.3) is 22.3 Å². The second kappa shape index (κ2) is 13.7. The largest absolute Gasteiger partial charge is 0.368 e. The van der Waals surface area contributed by atoms with Crippen molar-refractivity contribution in [3.63, 3.8) is 0 Å². The zero-order chi connectivity index (χ0) is 33.1. The van der Waals surface area contributed by atoms with E-state index in [0.29, 0.717) is 22.5 Å². The smallest absolute Gasteiger partial charge is 0.291 e. The summed E-state index contributed by atoms with van der Waals surface area (Å²) in [6.07, 6.45) is 0. The first-order valence-corrected chi connectivity index (χ1v) is 16.0. The number of nitrogens with two attached hydrogens (primary N) is 2.